The molecule has 0 aliphatic rings. The van der Waals surface area contributed by atoms with Crippen molar-refractivity contribution in [3.05, 3.63) is 35.9 Å². The molecule has 0 saturated carbocycles. The second-order valence-electron chi connectivity index (χ2n) is 11.7. The largest absolute Gasteiger partial charge is 0.394 e. The Kier molecular flexibility index (Phi) is 22.7. The zero-order valence-electron chi connectivity index (χ0n) is 26.4. The maximum atomic E-state index is 11.1. The highest BCUT2D eigenvalue weighted by molar-refractivity contribution is 5.15. The molecule has 0 aromatic heterocycles. The van der Waals surface area contributed by atoms with Crippen LogP contribution in [0.25, 0.3) is 0 Å². The van der Waals surface area contributed by atoms with Crippen LogP contribution in [-0.2, 0) is 25.4 Å². The van der Waals surface area contributed by atoms with Gasteiger partial charge in [0.25, 0.3) is 0 Å². The number of benzene rings is 1. The van der Waals surface area contributed by atoms with E-state index < -0.39 is 6.10 Å². The number of aliphatic hydroxyl groups excluding tert-OH is 2. The first-order chi connectivity index (χ1) is 19.3. The second kappa shape index (κ2) is 24.6. The summed E-state index contributed by atoms with van der Waals surface area (Å²) < 4.78 is 23.2. The number of aliphatic hydroxyl groups is 2. The van der Waals surface area contributed by atoms with Gasteiger partial charge in [0.05, 0.1) is 63.6 Å². The van der Waals surface area contributed by atoms with Crippen LogP contribution >= 0.6 is 0 Å². The highest BCUT2D eigenvalue weighted by Gasteiger charge is 2.21. The fourth-order valence-electron chi connectivity index (χ4n) is 4.74. The molecule has 40 heavy (non-hydrogen) atoms. The van der Waals surface area contributed by atoms with E-state index in [1.54, 1.807) is 0 Å². The van der Waals surface area contributed by atoms with Gasteiger partial charge in [-0.15, -0.1) is 0 Å². The van der Waals surface area contributed by atoms with Gasteiger partial charge in [0, 0.05) is 0 Å². The summed E-state index contributed by atoms with van der Waals surface area (Å²) in [6.45, 7) is 11.7. The van der Waals surface area contributed by atoms with Gasteiger partial charge in [-0.1, -0.05) is 101 Å². The van der Waals surface area contributed by atoms with Gasteiger partial charge >= 0.3 is 0 Å². The van der Waals surface area contributed by atoms with Crippen molar-refractivity contribution in [2.75, 3.05) is 33.0 Å². The molecule has 234 valence electrons. The van der Waals surface area contributed by atoms with Gasteiger partial charge in [0.2, 0.25) is 0 Å². The summed E-state index contributed by atoms with van der Waals surface area (Å²) in [4.78, 5) is 0. The molecule has 0 spiro atoms. The summed E-state index contributed by atoms with van der Waals surface area (Å²) in [5.74, 6) is 0.189. The summed E-state index contributed by atoms with van der Waals surface area (Å²) in [7, 11) is 0. The minimum atomic E-state index is -0.496. The van der Waals surface area contributed by atoms with Gasteiger partial charge in [-0.25, -0.2) is 0 Å². The number of unbranched alkanes of at least 4 members (excludes halogenated alkanes) is 9. The van der Waals surface area contributed by atoms with Crippen molar-refractivity contribution in [3.63, 3.8) is 0 Å². The fraction of sp³-hybridized carbons (Fsp3) is 0.824. The van der Waals surface area contributed by atoms with E-state index in [0.717, 1.165) is 19.3 Å². The second-order valence-corrected chi connectivity index (χ2v) is 11.7. The van der Waals surface area contributed by atoms with Gasteiger partial charge in [-0.05, 0) is 52.0 Å². The summed E-state index contributed by atoms with van der Waals surface area (Å²) >= 11 is 0. The van der Waals surface area contributed by atoms with Crippen LogP contribution in [0.15, 0.2) is 30.3 Å². The van der Waals surface area contributed by atoms with Crippen LogP contribution in [0, 0.1) is 5.92 Å². The zero-order chi connectivity index (χ0) is 29.4. The maximum absolute atomic E-state index is 11.1. The fourth-order valence-corrected chi connectivity index (χ4v) is 4.74. The predicted molar refractivity (Wildman–Crippen MR) is 165 cm³/mol. The van der Waals surface area contributed by atoms with Crippen LogP contribution in [0.3, 0.4) is 0 Å². The van der Waals surface area contributed by atoms with Gasteiger partial charge in [-0.2, -0.15) is 0 Å². The number of rotatable bonds is 27. The molecule has 0 aliphatic heterocycles. The molecule has 0 heterocycles. The number of hydrogen-bond acceptors (Lipinski definition) is 6. The molecule has 0 aliphatic carbocycles. The van der Waals surface area contributed by atoms with Crippen LogP contribution in [0.1, 0.15) is 111 Å². The van der Waals surface area contributed by atoms with E-state index in [0.29, 0.717) is 26.4 Å². The van der Waals surface area contributed by atoms with Gasteiger partial charge in [0.1, 0.15) is 0 Å². The normalized spacial score (nSPS) is 16.4. The summed E-state index contributed by atoms with van der Waals surface area (Å²) in [6.07, 6.45) is 14.2. The molecule has 0 fully saturated rings. The lowest BCUT2D eigenvalue weighted by Gasteiger charge is -2.25. The smallest absolute Gasteiger partial charge is 0.0805 e. The van der Waals surface area contributed by atoms with E-state index in [2.05, 4.69) is 31.2 Å². The predicted octanol–water partition coefficient (Wildman–Crippen LogP) is 7.13. The number of hydrogen-bond donors (Lipinski definition) is 2. The molecule has 2 N–H and O–H groups in total. The van der Waals surface area contributed by atoms with Crippen LogP contribution in [0.5, 0.6) is 0 Å². The van der Waals surface area contributed by atoms with E-state index in [9.17, 15) is 5.11 Å². The van der Waals surface area contributed by atoms with E-state index >= 15 is 0 Å². The topological polar surface area (TPSA) is 77.4 Å². The molecule has 1 rings (SSSR count). The molecule has 0 saturated heterocycles. The summed E-state index contributed by atoms with van der Waals surface area (Å²) in [5, 5.41) is 20.1. The molecule has 1 aromatic rings. The van der Waals surface area contributed by atoms with Crippen molar-refractivity contribution >= 4 is 0 Å². The van der Waals surface area contributed by atoms with Crippen LogP contribution in [0.4, 0.5) is 0 Å². The Morgan fingerprint density at radius 2 is 1.05 bits per heavy atom. The Bertz CT molecular complexity index is 672. The van der Waals surface area contributed by atoms with Crippen molar-refractivity contribution < 1.29 is 29.2 Å². The Hall–Kier alpha value is -1.02. The average molecular weight is 567 g/mol. The third kappa shape index (κ3) is 20.0. The zero-order valence-corrected chi connectivity index (χ0v) is 26.4. The summed E-state index contributed by atoms with van der Waals surface area (Å²) in [6, 6.07) is 10.5. The molecule has 0 bridgehead atoms. The Morgan fingerprint density at radius 3 is 1.55 bits per heavy atom. The van der Waals surface area contributed by atoms with E-state index in [1.165, 1.54) is 63.4 Å². The molecule has 6 atom stereocenters. The first-order valence-electron chi connectivity index (χ1n) is 16.1. The molecule has 0 radical (unpaired) electrons. The molecule has 6 heteroatoms. The lowest BCUT2D eigenvalue weighted by Crippen LogP contribution is -2.32. The maximum Gasteiger partial charge on any atom is 0.0805 e. The average Bonchev–Trinajstić information content (AvgIpc) is 2.97. The Balaban J connectivity index is 2.33. The van der Waals surface area contributed by atoms with E-state index in [-0.39, 0.29) is 36.9 Å². The van der Waals surface area contributed by atoms with Crippen LogP contribution in [-0.4, -0.2) is 73.8 Å². The first kappa shape index (κ1) is 37.0. The lowest BCUT2D eigenvalue weighted by molar-refractivity contribution is -0.0977. The highest BCUT2D eigenvalue weighted by Crippen LogP contribution is 2.21. The van der Waals surface area contributed by atoms with Crippen molar-refractivity contribution in [1.82, 2.24) is 0 Å². The quantitative estimate of drug-likeness (QED) is 0.110. The molecule has 6 unspecified atom stereocenters. The molecule has 0 amide bonds. The van der Waals surface area contributed by atoms with Gasteiger partial charge < -0.3 is 29.2 Å². The van der Waals surface area contributed by atoms with Gasteiger partial charge in [-0.3, -0.25) is 0 Å². The van der Waals surface area contributed by atoms with Crippen LogP contribution < -0.4 is 0 Å². The van der Waals surface area contributed by atoms with E-state index in [4.69, 9.17) is 24.1 Å². The minimum Gasteiger partial charge on any atom is -0.394 e. The third-order valence-corrected chi connectivity index (χ3v) is 7.47. The Labute approximate surface area is 246 Å². The Morgan fingerprint density at radius 1 is 0.600 bits per heavy atom. The van der Waals surface area contributed by atoms with Gasteiger partial charge in [0.15, 0.2) is 0 Å². The van der Waals surface area contributed by atoms with Crippen molar-refractivity contribution in [1.29, 1.82) is 0 Å². The molecular weight excluding hydrogens is 504 g/mol. The van der Waals surface area contributed by atoms with Crippen molar-refractivity contribution in [2.24, 2.45) is 5.92 Å². The number of ether oxygens (including phenoxy) is 4. The highest BCUT2D eigenvalue weighted by atomic mass is 16.6. The third-order valence-electron chi connectivity index (χ3n) is 7.47. The minimum absolute atomic E-state index is 0.00509. The molecule has 6 nitrogen and oxygen atoms in total. The molecule has 1 aromatic carbocycles. The lowest BCUT2D eigenvalue weighted by atomic mass is 9.89. The first-order valence-corrected chi connectivity index (χ1v) is 16.1. The van der Waals surface area contributed by atoms with Crippen molar-refractivity contribution in [2.45, 2.75) is 142 Å². The monoisotopic (exact) mass is 566 g/mol. The van der Waals surface area contributed by atoms with E-state index in [1.807, 2.05) is 33.8 Å². The van der Waals surface area contributed by atoms with Crippen molar-refractivity contribution in [3.8, 4) is 0 Å². The SMILES string of the molecule is CCCCCCCCCCCCC(Cc1ccccc1)C(O)COC(C)COC(C)COC(C)COC(C)CO. The standard InChI is InChI=1S/C34H62O6/c1-6-7-8-9-10-11-12-13-14-18-21-33(22-32-19-16-15-17-20-32)34(36)27-40-31(5)26-39-30(4)25-38-29(3)24-37-28(2)23-35/h15-17,19-20,28-31,33-36H,6-14,18,21-27H2,1-5H3. The van der Waals surface area contributed by atoms with Crippen LogP contribution in [0.2, 0.25) is 0 Å². The molecular formula is C34H62O6. The summed E-state index contributed by atoms with van der Waals surface area (Å²) in [5.41, 5.74) is 1.27.